The van der Waals surface area contributed by atoms with Gasteiger partial charge in [-0.1, -0.05) is 19.9 Å². The normalized spacial score (nSPS) is 23.4. The maximum Gasteiger partial charge on any atom is 0.122 e. The summed E-state index contributed by atoms with van der Waals surface area (Å²) in [6, 6.07) is 5.21. The van der Waals surface area contributed by atoms with E-state index in [2.05, 4.69) is 37.8 Å². The highest BCUT2D eigenvalue weighted by molar-refractivity contribution is 7.94. The lowest BCUT2D eigenvalue weighted by molar-refractivity contribution is 0.0895. The van der Waals surface area contributed by atoms with Gasteiger partial charge in [-0.05, 0) is 73.6 Å². The molecule has 2 atom stereocenters. The lowest BCUT2D eigenvalue weighted by atomic mass is 9.80. The molecule has 2 aliphatic heterocycles. The molecule has 0 saturated carbocycles. The Bertz CT molecular complexity index is 577. The summed E-state index contributed by atoms with van der Waals surface area (Å²) in [5.41, 5.74) is 4.21. The molecule has 140 valence electrons. The Kier molecular flexibility index (Phi) is 6.67. The van der Waals surface area contributed by atoms with Gasteiger partial charge in [0.25, 0.3) is 0 Å². The number of piperidine rings is 1. The third-order valence-electron chi connectivity index (χ3n) is 5.67. The number of rotatable bonds is 7. The molecular weight excluding hydrogens is 333 g/mol. The second-order valence-corrected chi connectivity index (χ2v) is 8.79. The average molecular weight is 366 g/mol. The lowest BCUT2D eigenvalue weighted by Gasteiger charge is -2.44. The number of hydrogen-bond acceptors (Lipinski definition) is 3. The van der Waals surface area contributed by atoms with Gasteiger partial charge in [0.2, 0.25) is 0 Å². The molecule has 3 rings (SSSR count). The number of halogens is 1. The summed E-state index contributed by atoms with van der Waals surface area (Å²) < 4.78 is 18.0. The van der Waals surface area contributed by atoms with E-state index in [1.165, 1.54) is 49.0 Å². The zero-order valence-electron chi connectivity index (χ0n) is 15.9. The van der Waals surface area contributed by atoms with Crippen molar-refractivity contribution < 1.29 is 8.62 Å². The van der Waals surface area contributed by atoms with Crippen LogP contribution in [0.15, 0.2) is 12.1 Å². The lowest BCUT2D eigenvalue weighted by Crippen LogP contribution is -2.42. The molecule has 4 heteroatoms. The van der Waals surface area contributed by atoms with Gasteiger partial charge < -0.3 is 4.74 Å². The summed E-state index contributed by atoms with van der Waals surface area (Å²) in [5, 5.41) is 0. The Labute approximate surface area is 156 Å². The van der Waals surface area contributed by atoms with Crippen LogP contribution >= 0.6 is 12.1 Å². The quantitative estimate of drug-likeness (QED) is 0.572. The van der Waals surface area contributed by atoms with Crippen molar-refractivity contribution in [3.05, 3.63) is 28.8 Å². The molecule has 2 unspecified atom stereocenters. The molecule has 0 aromatic heterocycles. The second-order valence-electron chi connectivity index (χ2n) is 8.17. The van der Waals surface area contributed by atoms with Gasteiger partial charge in [-0.15, -0.1) is 0 Å². The molecule has 0 N–H and O–H groups in total. The molecule has 1 fully saturated rings. The number of fused-ring (bicyclic) bond motifs is 3. The molecular formula is C21H32FNOS. The van der Waals surface area contributed by atoms with E-state index < -0.39 is 0 Å². The molecule has 1 aromatic rings. The highest BCUT2D eigenvalue weighted by Gasteiger charge is 2.33. The first-order valence-corrected chi connectivity index (χ1v) is 10.7. The van der Waals surface area contributed by atoms with Gasteiger partial charge in [0, 0.05) is 37.0 Å². The van der Waals surface area contributed by atoms with Crippen LogP contribution in [0.1, 0.15) is 62.3 Å². The number of hydrogen-bond donors (Lipinski definition) is 0. The molecule has 1 saturated heterocycles. The summed E-state index contributed by atoms with van der Waals surface area (Å²) in [4.78, 5) is 2.72. The summed E-state index contributed by atoms with van der Waals surface area (Å²) >= 11 is 0.394. The van der Waals surface area contributed by atoms with Gasteiger partial charge in [-0.25, -0.2) is 0 Å². The highest BCUT2D eigenvalue weighted by Crippen LogP contribution is 2.41. The van der Waals surface area contributed by atoms with Crippen molar-refractivity contribution in [2.75, 3.05) is 25.4 Å². The largest absolute Gasteiger partial charge is 0.493 e. The maximum atomic E-state index is 12.1. The smallest absolute Gasteiger partial charge is 0.122 e. The molecule has 0 bridgehead atoms. The van der Waals surface area contributed by atoms with Crippen LogP contribution in [-0.2, 0) is 6.42 Å². The van der Waals surface area contributed by atoms with Gasteiger partial charge in [0.1, 0.15) is 5.75 Å². The van der Waals surface area contributed by atoms with Crippen LogP contribution in [0.5, 0.6) is 5.75 Å². The van der Waals surface area contributed by atoms with Crippen molar-refractivity contribution in [2.24, 2.45) is 11.8 Å². The van der Waals surface area contributed by atoms with Crippen LogP contribution in [0.3, 0.4) is 0 Å². The van der Waals surface area contributed by atoms with Crippen LogP contribution < -0.4 is 4.74 Å². The minimum atomic E-state index is 0.394. The van der Waals surface area contributed by atoms with Crippen molar-refractivity contribution in [1.29, 1.82) is 0 Å². The predicted molar refractivity (Wildman–Crippen MR) is 105 cm³/mol. The Balaban J connectivity index is 1.68. The van der Waals surface area contributed by atoms with Gasteiger partial charge in [-0.3, -0.25) is 4.90 Å². The SMILES string of the molecule is Cc1cc2c(cc1OCCCSF)CCN1CC(CC(C)C)CCC21. The van der Waals surface area contributed by atoms with Crippen molar-refractivity contribution >= 4 is 12.1 Å². The minimum Gasteiger partial charge on any atom is -0.493 e. The number of ether oxygens (including phenoxy) is 1. The highest BCUT2D eigenvalue weighted by atomic mass is 32.2. The van der Waals surface area contributed by atoms with Crippen molar-refractivity contribution in [1.82, 2.24) is 4.90 Å². The molecule has 2 nitrogen and oxygen atoms in total. The summed E-state index contributed by atoms with van der Waals surface area (Å²) in [6.45, 7) is 9.86. The molecule has 2 heterocycles. The number of aryl methyl sites for hydroxylation is 1. The molecule has 0 amide bonds. The molecule has 0 radical (unpaired) electrons. The van der Waals surface area contributed by atoms with E-state index in [-0.39, 0.29) is 0 Å². The van der Waals surface area contributed by atoms with Gasteiger partial charge in [-0.2, -0.15) is 3.89 Å². The van der Waals surface area contributed by atoms with E-state index in [1.54, 1.807) is 0 Å². The monoisotopic (exact) mass is 365 g/mol. The first kappa shape index (κ1) is 19.0. The Hall–Kier alpha value is -0.740. The van der Waals surface area contributed by atoms with Crippen LogP contribution in [0.2, 0.25) is 0 Å². The topological polar surface area (TPSA) is 12.5 Å². The van der Waals surface area contributed by atoms with E-state index in [1.807, 2.05) is 0 Å². The van der Waals surface area contributed by atoms with E-state index >= 15 is 0 Å². The fraction of sp³-hybridized carbons (Fsp3) is 0.714. The Morgan fingerprint density at radius 2 is 2.16 bits per heavy atom. The summed E-state index contributed by atoms with van der Waals surface area (Å²) in [5.74, 6) is 3.18. The zero-order valence-corrected chi connectivity index (χ0v) is 16.7. The van der Waals surface area contributed by atoms with E-state index in [9.17, 15) is 3.89 Å². The average Bonchev–Trinajstić information content (AvgIpc) is 2.58. The van der Waals surface area contributed by atoms with Gasteiger partial charge in [0.05, 0.1) is 6.61 Å². The molecule has 1 aromatic carbocycles. The van der Waals surface area contributed by atoms with Gasteiger partial charge >= 0.3 is 0 Å². The van der Waals surface area contributed by atoms with E-state index in [0.29, 0.717) is 30.5 Å². The second kappa shape index (κ2) is 8.77. The summed E-state index contributed by atoms with van der Waals surface area (Å²) in [7, 11) is 0. The van der Waals surface area contributed by atoms with Crippen molar-refractivity contribution in [2.45, 2.75) is 58.9 Å². The van der Waals surface area contributed by atoms with Crippen molar-refractivity contribution in [3.8, 4) is 5.75 Å². The summed E-state index contributed by atoms with van der Waals surface area (Å²) in [6.07, 6.45) is 5.89. The van der Waals surface area contributed by atoms with Crippen LogP contribution in [0, 0.1) is 18.8 Å². The minimum absolute atomic E-state index is 0.394. The van der Waals surface area contributed by atoms with Crippen molar-refractivity contribution in [3.63, 3.8) is 0 Å². The first-order valence-electron chi connectivity index (χ1n) is 9.82. The standard InChI is InChI=1S/C21H32FNOS/c1-15(2)11-17-5-6-20-19-12-16(3)21(24-9-4-10-25-22)13-18(19)7-8-23(20)14-17/h12-13,15,17,20H,4-11,14H2,1-3H3. The number of benzene rings is 1. The van der Waals surface area contributed by atoms with E-state index in [4.69, 9.17) is 4.74 Å². The molecule has 25 heavy (non-hydrogen) atoms. The van der Waals surface area contributed by atoms with Gasteiger partial charge in [0.15, 0.2) is 0 Å². The number of nitrogens with zero attached hydrogens (tertiary/aromatic N) is 1. The van der Waals surface area contributed by atoms with Crippen LogP contribution in [-0.4, -0.2) is 30.3 Å². The zero-order chi connectivity index (χ0) is 17.8. The molecule has 2 aliphatic rings. The fourth-order valence-corrected chi connectivity index (χ4v) is 4.81. The fourth-order valence-electron chi connectivity index (χ4n) is 4.58. The third kappa shape index (κ3) is 4.71. The van der Waals surface area contributed by atoms with Crippen LogP contribution in [0.25, 0.3) is 0 Å². The van der Waals surface area contributed by atoms with Crippen LogP contribution in [0.4, 0.5) is 3.89 Å². The molecule has 0 aliphatic carbocycles. The first-order chi connectivity index (χ1) is 12.1. The van der Waals surface area contributed by atoms with E-state index in [0.717, 1.165) is 30.4 Å². The molecule has 0 spiro atoms. The Morgan fingerprint density at radius 1 is 1.32 bits per heavy atom. The Morgan fingerprint density at radius 3 is 2.92 bits per heavy atom. The third-order valence-corrected chi connectivity index (χ3v) is 6.12. The predicted octanol–water partition coefficient (Wildman–Crippen LogP) is 5.74. The maximum absolute atomic E-state index is 12.1.